The minimum atomic E-state index is 0.589. The highest BCUT2D eigenvalue weighted by atomic mass is 14.7. The third kappa shape index (κ3) is 3.86. The Kier molecular flexibility index (Phi) is 4.43. The smallest absolute Gasteiger partial charge is 0.0622 e. The highest BCUT2D eigenvalue weighted by Crippen LogP contribution is 2.00. The van der Waals surface area contributed by atoms with Crippen LogP contribution in [0.25, 0.3) is 0 Å². The molecule has 0 saturated carbocycles. The molecule has 0 fully saturated rings. The lowest BCUT2D eigenvalue weighted by Gasteiger charge is -1.94. The quantitative estimate of drug-likeness (QED) is 0.526. The largest absolute Gasteiger partial charge is 0.293 e. The minimum absolute atomic E-state index is 0.589. The van der Waals surface area contributed by atoms with Crippen molar-refractivity contribution < 1.29 is 0 Å². The van der Waals surface area contributed by atoms with Crippen molar-refractivity contribution in [3.63, 3.8) is 0 Å². The highest BCUT2D eigenvalue weighted by molar-refractivity contribution is 5.79. The number of unbranched alkanes of at least 4 members (excludes halogenated alkanes) is 1. The number of benzene rings is 1. The van der Waals surface area contributed by atoms with Crippen LogP contribution in [0.1, 0.15) is 24.0 Å². The van der Waals surface area contributed by atoms with E-state index in [1.807, 2.05) is 18.3 Å². The first kappa shape index (κ1) is 10.5. The molecule has 0 unspecified atom stereocenters. The van der Waals surface area contributed by atoms with Gasteiger partial charge < -0.3 is 0 Å². The van der Waals surface area contributed by atoms with E-state index in [9.17, 15) is 0 Å². The van der Waals surface area contributed by atoms with E-state index >= 15 is 0 Å². The van der Waals surface area contributed by atoms with Gasteiger partial charge in [-0.1, -0.05) is 29.8 Å². The van der Waals surface area contributed by atoms with Crippen LogP contribution in [-0.4, -0.2) is 12.8 Å². The lowest BCUT2D eigenvalue weighted by atomic mass is 10.2. The molecular formula is C12H14N2. The summed E-state index contributed by atoms with van der Waals surface area (Å²) in [5.74, 6) is 0. The maximum absolute atomic E-state index is 8.31. The predicted octanol–water partition coefficient (Wildman–Crippen LogP) is 2.72. The van der Waals surface area contributed by atoms with Crippen molar-refractivity contribution in [2.45, 2.75) is 19.8 Å². The molecule has 2 nitrogen and oxygen atoms in total. The van der Waals surface area contributed by atoms with Gasteiger partial charge in [0.1, 0.15) is 0 Å². The molecule has 0 aliphatic heterocycles. The summed E-state index contributed by atoms with van der Waals surface area (Å²) in [5, 5.41) is 8.31. The molecule has 0 aliphatic rings. The van der Waals surface area contributed by atoms with Gasteiger partial charge in [0.05, 0.1) is 6.07 Å². The third-order valence-electron chi connectivity index (χ3n) is 1.89. The Bertz CT molecular complexity index is 330. The Morgan fingerprint density at radius 1 is 1.36 bits per heavy atom. The Hall–Kier alpha value is -1.62. The molecule has 0 atom stereocenters. The number of hydrogen-bond acceptors (Lipinski definition) is 2. The van der Waals surface area contributed by atoms with Crippen LogP contribution in [0.5, 0.6) is 0 Å². The number of hydrogen-bond donors (Lipinski definition) is 0. The lowest BCUT2D eigenvalue weighted by molar-refractivity contribution is 0.866. The number of aliphatic imine (C=N–C) groups is 1. The van der Waals surface area contributed by atoms with Crippen LogP contribution in [0.2, 0.25) is 0 Å². The molecule has 0 aromatic heterocycles. The maximum Gasteiger partial charge on any atom is 0.0622 e. The van der Waals surface area contributed by atoms with E-state index in [0.717, 1.165) is 18.5 Å². The summed E-state index contributed by atoms with van der Waals surface area (Å²) in [6, 6.07) is 10.3. The first-order chi connectivity index (χ1) is 6.83. The molecule has 1 rings (SSSR count). The maximum atomic E-state index is 8.31. The van der Waals surface area contributed by atoms with Gasteiger partial charge in [-0.3, -0.25) is 4.99 Å². The van der Waals surface area contributed by atoms with Crippen LogP contribution in [0.15, 0.2) is 29.3 Å². The predicted molar refractivity (Wildman–Crippen MR) is 58.5 cm³/mol. The molecule has 0 radical (unpaired) electrons. The molecular weight excluding hydrogens is 172 g/mol. The van der Waals surface area contributed by atoms with Crippen LogP contribution >= 0.6 is 0 Å². The molecule has 14 heavy (non-hydrogen) atoms. The SMILES string of the molecule is Cc1ccc(C=NCCCC#N)cc1. The molecule has 72 valence electrons. The van der Waals surface area contributed by atoms with Crippen LogP contribution in [-0.2, 0) is 0 Å². The topological polar surface area (TPSA) is 36.1 Å². The minimum Gasteiger partial charge on any atom is -0.293 e. The molecule has 0 heterocycles. The van der Waals surface area contributed by atoms with Gasteiger partial charge >= 0.3 is 0 Å². The molecule has 0 N–H and O–H groups in total. The fourth-order valence-electron chi connectivity index (χ4n) is 1.07. The number of rotatable bonds is 4. The van der Waals surface area contributed by atoms with Crippen molar-refractivity contribution in [3.05, 3.63) is 35.4 Å². The second-order valence-corrected chi connectivity index (χ2v) is 3.21. The Morgan fingerprint density at radius 3 is 2.71 bits per heavy atom. The van der Waals surface area contributed by atoms with E-state index in [0.29, 0.717) is 6.42 Å². The van der Waals surface area contributed by atoms with Crippen molar-refractivity contribution in [1.82, 2.24) is 0 Å². The summed E-state index contributed by atoms with van der Waals surface area (Å²) < 4.78 is 0. The van der Waals surface area contributed by atoms with Gasteiger partial charge in [0, 0.05) is 19.2 Å². The Labute approximate surface area is 84.9 Å². The summed E-state index contributed by atoms with van der Waals surface area (Å²) in [5.41, 5.74) is 2.37. The number of nitrogens with zero attached hydrogens (tertiary/aromatic N) is 2. The van der Waals surface area contributed by atoms with Crippen molar-refractivity contribution in [3.8, 4) is 6.07 Å². The van der Waals surface area contributed by atoms with Crippen LogP contribution < -0.4 is 0 Å². The third-order valence-corrected chi connectivity index (χ3v) is 1.89. The molecule has 0 amide bonds. The second kappa shape index (κ2) is 5.93. The summed E-state index contributed by atoms with van der Waals surface area (Å²) in [4.78, 5) is 4.23. The zero-order valence-electron chi connectivity index (χ0n) is 8.40. The summed E-state index contributed by atoms with van der Waals surface area (Å²) in [6.07, 6.45) is 3.29. The monoisotopic (exact) mass is 186 g/mol. The normalized spacial score (nSPS) is 10.3. The molecule has 0 bridgehead atoms. The Balaban J connectivity index is 2.37. The van der Waals surface area contributed by atoms with Crippen molar-refractivity contribution in [2.24, 2.45) is 4.99 Å². The van der Waals surface area contributed by atoms with Crippen LogP contribution in [0.4, 0.5) is 0 Å². The van der Waals surface area contributed by atoms with Gasteiger partial charge in [-0.05, 0) is 18.9 Å². The average molecular weight is 186 g/mol. The molecule has 1 aromatic carbocycles. The molecule has 0 aliphatic carbocycles. The van der Waals surface area contributed by atoms with E-state index in [1.54, 1.807) is 0 Å². The zero-order chi connectivity index (χ0) is 10.2. The van der Waals surface area contributed by atoms with Crippen LogP contribution in [0.3, 0.4) is 0 Å². The summed E-state index contributed by atoms with van der Waals surface area (Å²) >= 11 is 0. The van der Waals surface area contributed by atoms with E-state index in [2.05, 4.69) is 30.1 Å². The molecule has 1 aromatic rings. The Morgan fingerprint density at radius 2 is 2.07 bits per heavy atom. The molecule has 0 spiro atoms. The molecule has 0 saturated heterocycles. The number of aryl methyl sites for hydroxylation is 1. The van der Waals surface area contributed by atoms with Gasteiger partial charge in [-0.15, -0.1) is 0 Å². The fraction of sp³-hybridized carbons (Fsp3) is 0.333. The molecule has 2 heteroatoms. The van der Waals surface area contributed by atoms with Gasteiger partial charge in [-0.25, -0.2) is 0 Å². The number of nitriles is 1. The first-order valence-corrected chi connectivity index (χ1v) is 4.76. The van der Waals surface area contributed by atoms with E-state index < -0.39 is 0 Å². The van der Waals surface area contributed by atoms with Gasteiger partial charge in [0.15, 0.2) is 0 Å². The average Bonchev–Trinajstić information content (AvgIpc) is 2.21. The van der Waals surface area contributed by atoms with E-state index in [4.69, 9.17) is 5.26 Å². The highest BCUT2D eigenvalue weighted by Gasteiger charge is 1.86. The van der Waals surface area contributed by atoms with Gasteiger partial charge in [-0.2, -0.15) is 5.26 Å². The van der Waals surface area contributed by atoms with Gasteiger partial charge in [0.2, 0.25) is 0 Å². The summed E-state index contributed by atoms with van der Waals surface area (Å²) in [6.45, 7) is 2.80. The first-order valence-electron chi connectivity index (χ1n) is 4.76. The standard InChI is InChI=1S/C12H14N2/c1-11-4-6-12(7-5-11)10-14-9-3-2-8-13/h4-7,10H,2-3,9H2,1H3. The second-order valence-electron chi connectivity index (χ2n) is 3.21. The lowest BCUT2D eigenvalue weighted by Crippen LogP contribution is -1.84. The fourth-order valence-corrected chi connectivity index (χ4v) is 1.07. The zero-order valence-corrected chi connectivity index (χ0v) is 8.40. The van der Waals surface area contributed by atoms with Crippen molar-refractivity contribution in [2.75, 3.05) is 6.54 Å². The van der Waals surface area contributed by atoms with Crippen molar-refractivity contribution in [1.29, 1.82) is 5.26 Å². The van der Waals surface area contributed by atoms with E-state index in [-0.39, 0.29) is 0 Å². The van der Waals surface area contributed by atoms with Gasteiger partial charge in [0.25, 0.3) is 0 Å². The van der Waals surface area contributed by atoms with Crippen molar-refractivity contribution >= 4 is 6.21 Å². The van der Waals surface area contributed by atoms with E-state index in [1.165, 1.54) is 5.56 Å². The summed E-state index contributed by atoms with van der Waals surface area (Å²) in [7, 11) is 0. The van der Waals surface area contributed by atoms with Crippen LogP contribution in [0, 0.1) is 18.3 Å².